The molecule has 0 radical (unpaired) electrons. The van der Waals surface area contributed by atoms with E-state index in [-0.39, 0.29) is 6.54 Å². The quantitative estimate of drug-likeness (QED) is 0.851. The van der Waals surface area contributed by atoms with Crippen molar-refractivity contribution in [2.45, 2.75) is 32.9 Å². The van der Waals surface area contributed by atoms with Gasteiger partial charge in [0.2, 0.25) is 6.29 Å². The molecule has 0 fully saturated rings. The predicted molar refractivity (Wildman–Crippen MR) is 72.4 cm³/mol. The lowest BCUT2D eigenvalue weighted by molar-refractivity contribution is -0.159. The monoisotopic (exact) mass is 307 g/mol. The molecule has 0 spiro atoms. The Balaban J connectivity index is 0.00000191. The minimum atomic E-state index is -4.36. The number of carbonyl (C=O) groups is 1. The maximum Gasteiger partial charge on any atom is 0.416 e. The van der Waals surface area contributed by atoms with Crippen molar-refractivity contribution >= 4 is 5.91 Å². The number of rotatable bonds is 5. The first-order chi connectivity index (χ1) is 9.88. The molecular formula is C14H20F3NO3. The third-order valence-electron chi connectivity index (χ3n) is 2.39. The molecule has 4 nitrogen and oxygen atoms in total. The number of alkyl halides is 3. The van der Waals surface area contributed by atoms with Crippen LogP contribution in [-0.2, 0) is 27.0 Å². The van der Waals surface area contributed by atoms with E-state index < -0.39 is 23.9 Å². The molecule has 0 unspecified atom stereocenters. The highest BCUT2D eigenvalue weighted by atomic mass is 19.4. The second kappa shape index (κ2) is 9.36. The van der Waals surface area contributed by atoms with Gasteiger partial charge in [-0.2, -0.15) is 13.2 Å². The number of benzene rings is 1. The number of carbonyl (C=O) groups excluding carboxylic acids is 1. The summed E-state index contributed by atoms with van der Waals surface area (Å²) in [5.41, 5.74) is -0.179. The van der Waals surface area contributed by atoms with E-state index >= 15 is 0 Å². The van der Waals surface area contributed by atoms with Gasteiger partial charge in [0.05, 0.1) is 5.56 Å². The molecular weight excluding hydrogens is 287 g/mol. The van der Waals surface area contributed by atoms with Gasteiger partial charge in [0.15, 0.2) is 0 Å². The highest BCUT2D eigenvalue weighted by Gasteiger charge is 2.29. The summed E-state index contributed by atoms with van der Waals surface area (Å²) in [6, 6.07) is 4.53. The van der Waals surface area contributed by atoms with Gasteiger partial charge in [0.25, 0.3) is 5.91 Å². The van der Waals surface area contributed by atoms with E-state index in [1.807, 2.05) is 13.8 Å². The van der Waals surface area contributed by atoms with Crippen LogP contribution in [0.5, 0.6) is 0 Å². The average molecular weight is 307 g/mol. The predicted octanol–water partition coefficient (Wildman–Crippen LogP) is 2.97. The SMILES string of the molecule is CC.COC(OC)C(=O)NCc1ccc(C(F)(F)F)cc1. The fourth-order valence-electron chi connectivity index (χ4n) is 1.39. The smallest absolute Gasteiger partial charge is 0.348 e. The first-order valence-corrected chi connectivity index (χ1v) is 6.38. The van der Waals surface area contributed by atoms with Crippen LogP contribution in [0.25, 0.3) is 0 Å². The molecule has 0 saturated heterocycles. The van der Waals surface area contributed by atoms with Crippen molar-refractivity contribution in [2.75, 3.05) is 14.2 Å². The molecule has 1 aromatic rings. The molecule has 1 aromatic carbocycles. The maximum absolute atomic E-state index is 12.3. The third kappa shape index (κ3) is 6.59. The summed E-state index contributed by atoms with van der Waals surface area (Å²) < 4.78 is 46.4. The Kier molecular flexibility index (Phi) is 8.64. The van der Waals surface area contributed by atoms with Crippen molar-refractivity contribution in [3.63, 3.8) is 0 Å². The molecule has 0 heterocycles. The number of nitrogens with one attached hydrogen (secondary N) is 1. The van der Waals surface area contributed by atoms with Crippen LogP contribution in [0.15, 0.2) is 24.3 Å². The molecule has 7 heteroatoms. The number of hydrogen-bond donors (Lipinski definition) is 1. The molecule has 0 atom stereocenters. The standard InChI is InChI=1S/C12H14F3NO3.C2H6/c1-18-11(19-2)10(17)16-7-8-3-5-9(6-4-8)12(13,14)15;1-2/h3-6,11H,7H2,1-2H3,(H,16,17);1-2H3. The lowest BCUT2D eigenvalue weighted by Crippen LogP contribution is -2.36. The average Bonchev–Trinajstić information content (AvgIpc) is 2.48. The van der Waals surface area contributed by atoms with Crippen LogP contribution in [0.2, 0.25) is 0 Å². The Bertz CT molecular complexity index is 414. The minimum Gasteiger partial charge on any atom is -0.348 e. The van der Waals surface area contributed by atoms with Crippen LogP contribution >= 0.6 is 0 Å². The van der Waals surface area contributed by atoms with E-state index in [9.17, 15) is 18.0 Å². The fourth-order valence-corrected chi connectivity index (χ4v) is 1.39. The first-order valence-electron chi connectivity index (χ1n) is 6.38. The van der Waals surface area contributed by atoms with Crippen LogP contribution < -0.4 is 5.32 Å². The zero-order valence-electron chi connectivity index (χ0n) is 12.5. The zero-order chi connectivity index (χ0) is 16.5. The Morgan fingerprint density at radius 3 is 2.00 bits per heavy atom. The van der Waals surface area contributed by atoms with Gasteiger partial charge in [-0.25, -0.2) is 0 Å². The highest BCUT2D eigenvalue weighted by Crippen LogP contribution is 2.28. The van der Waals surface area contributed by atoms with Crippen molar-refractivity contribution < 1.29 is 27.4 Å². The molecule has 0 aliphatic heterocycles. The van der Waals surface area contributed by atoms with E-state index in [2.05, 4.69) is 5.32 Å². The normalized spacial score (nSPS) is 10.9. The zero-order valence-corrected chi connectivity index (χ0v) is 12.5. The number of ether oxygens (including phenoxy) is 2. The van der Waals surface area contributed by atoms with Gasteiger partial charge >= 0.3 is 6.18 Å². The van der Waals surface area contributed by atoms with Crippen molar-refractivity contribution in [3.05, 3.63) is 35.4 Å². The third-order valence-corrected chi connectivity index (χ3v) is 2.39. The summed E-state index contributed by atoms with van der Waals surface area (Å²) in [5, 5.41) is 2.49. The van der Waals surface area contributed by atoms with Gasteiger partial charge < -0.3 is 14.8 Å². The summed E-state index contributed by atoms with van der Waals surface area (Å²) in [5.74, 6) is -0.495. The fraction of sp³-hybridized carbons (Fsp3) is 0.500. The lowest BCUT2D eigenvalue weighted by atomic mass is 10.1. The first kappa shape index (κ1) is 19.4. The van der Waals surface area contributed by atoms with Gasteiger partial charge in [-0.05, 0) is 17.7 Å². The molecule has 1 rings (SSSR count). The van der Waals surface area contributed by atoms with Crippen molar-refractivity contribution in [1.82, 2.24) is 5.32 Å². The Morgan fingerprint density at radius 1 is 1.14 bits per heavy atom. The van der Waals surface area contributed by atoms with Gasteiger partial charge in [-0.15, -0.1) is 0 Å². The van der Waals surface area contributed by atoms with Crippen LogP contribution in [0.1, 0.15) is 25.0 Å². The summed E-state index contributed by atoms with van der Waals surface area (Å²) in [7, 11) is 2.62. The van der Waals surface area contributed by atoms with Crippen LogP contribution in [-0.4, -0.2) is 26.4 Å². The molecule has 0 aliphatic carbocycles. The summed E-state index contributed by atoms with van der Waals surface area (Å²) in [6.45, 7) is 4.10. The second-order valence-corrected chi connectivity index (χ2v) is 3.72. The number of methoxy groups -OCH3 is 2. The molecule has 21 heavy (non-hydrogen) atoms. The number of amides is 1. The Labute approximate surface area is 122 Å². The van der Waals surface area contributed by atoms with Gasteiger partial charge in [-0.1, -0.05) is 26.0 Å². The summed E-state index contributed by atoms with van der Waals surface area (Å²) in [4.78, 5) is 11.5. The molecule has 0 saturated carbocycles. The Morgan fingerprint density at radius 2 is 1.62 bits per heavy atom. The van der Waals surface area contributed by atoms with Crippen molar-refractivity contribution in [2.24, 2.45) is 0 Å². The minimum absolute atomic E-state index is 0.0974. The van der Waals surface area contributed by atoms with Crippen LogP contribution in [0, 0.1) is 0 Å². The maximum atomic E-state index is 12.3. The lowest BCUT2D eigenvalue weighted by Gasteiger charge is -2.13. The van der Waals surface area contributed by atoms with E-state index in [0.29, 0.717) is 5.56 Å². The van der Waals surface area contributed by atoms with Gasteiger partial charge in [-0.3, -0.25) is 4.79 Å². The largest absolute Gasteiger partial charge is 0.416 e. The van der Waals surface area contributed by atoms with E-state index in [4.69, 9.17) is 9.47 Å². The van der Waals surface area contributed by atoms with Crippen LogP contribution in [0.3, 0.4) is 0 Å². The molecule has 1 amide bonds. The van der Waals surface area contributed by atoms with Crippen LogP contribution in [0.4, 0.5) is 13.2 Å². The van der Waals surface area contributed by atoms with Gasteiger partial charge in [0, 0.05) is 20.8 Å². The molecule has 120 valence electrons. The summed E-state index contributed by atoms with van der Waals surface area (Å²) in [6.07, 6.45) is -5.40. The second-order valence-electron chi connectivity index (χ2n) is 3.72. The number of hydrogen-bond acceptors (Lipinski definition) is 3. The van der Waals surface area contributed by atoms with E-state index in [0.717, 1.165) is 12.1 Å². The molecule has 0 aromatic heterocycles. The van der Waals surface area contributed by atoms with Gasteiger partial charge in [0.1, 0.15) is 0 Å². The van der Waals surface area contributed by atoms with E-state index in [1.165, 1.54) is 26.4 Å². The molecule has 0 bridgehead atoms. The molecule has 1 N–H and O–H groups in total. The number of halogens is 3. The Hall–Kier alpha value is -1.60. The van der Waals surface area contributed by atoms with E-state index in [1.54, 1.807) is 0 Å². The van der Waals surface area contributed by atoms with Crippen molar-refractivity contribution in [1.29, 1.82) is 0 Å². The molecule has 0 aliphatic rings. The van der Waals surface area contributed by atoms with Crippen molar-refractivity contribution in [3.8, 4) is 0 Å². The summed E-state index contributed by atoms with van der Waals surface area (Å²) >= 11 is 0. The highest BCUT2D eigenvalue weighted by molar-refractivity contribution is 5.79. The topological polar surface area (TPSA) is 47.6 Å².